The maximum absolute atomic E-state index is 13.3. The second-order valence-corrected chi connectivity index (χ2v) is 9.94. The van der Waals surface area contributed by atoms with Crippen LogP contribution >= 0.6 is 0 Å². The molecule has 0 aliphatic carbocycles. The van der Waals surface area contributed by atoms with Crippen molar-refractivity contribution in [3.05, 3.63) is 66.1 Å². The van der Waals surface area contributed by atoms with Gasteiger partial charge in [0.1, 0.15) is 11.9 Å². The lowest BCUT2D eigenvalue weighted by molar-refractivity contribution is -0.137. The first-order chi connectivity index (χ1) is 15.8. The van der Waals surface area contributed by atoms with Crippen LogP contribution < -0.4 is 5.32 Å². The number of benzene rings is 2. The van der Waals surface area contributed by atoms with Gasteiger partial charge in [0.05, 0.1) is 4.90 Å². The fourth-order valence-electron chi connectivity index (χ4n) is 4.09. The summed E-state index contributed by atoms with van der Waals surface area (Å²) in [5.74, 6) is -1.08. The van der Waals surface area contributed by atoms with Crippen molar-refractivity contribution in [3.8, 4) is 0 Å². The van der Waals surface area contributed by atoms with E-state index in [0.717, 1.165) is 28.6 Å². The highest BCUT2D eigenvalue weighted by Gasteiger charge is 2.33. The molecule has 2 aromatic carbocycles. The van der Waals surface area contributed by atoms with Gasteiger partial charge in [-0.15, -0.1) is 0 Å². The molecule has 1 fully saturated rings. The predicted octanol–water partition coefficient (Wildman–Crippen LogP) is 1.89. The van der Waals surface area contributed by atoms with Gasteiger partial charge in [0.2, 0.25) is 21.8 Å². The molecule has 1 aliphatic heterocycles. The van der Waals surface area contributed by atoms with E-state index in [9.17, 15) is 22.4 Å². The van der Waals surface area contributed by atoms with Gasteiger partial charge in [0, 0.05) is 56.6 Å². The number of halogens is 1. The van der Waals surface area contributed by atoms with Crippen molar-refractivity contribution in [1.29, 1.82) is 0 Å². The van der Waals surface area contributed by atoms with E-state index in [1.807, 2.05) is 30.5 Å². The molecule has 0 spiro atoms. The molecule has 2 N–H and O–H groups in total. The number of carbonyl (C=O) groups is 2. The molecule has 0 unspecified atom stereocenters. The molecule has 1 aliphatic rings. The highest BCUT2D eigenvalue weighted by atomic mass is 32.2. The molecule has 4 rings (SSSR count). The first-order valence-electron chi connectivity index (χ1n) is 10.6. The van der Waals surface area contributed by atoms with E-state index in [1.165, 1.54) is 23.4 Å². The number of carbonyl (C=O) groups excluding carboxylic acids is 2. The largest absolute Gasteiger partial charge is 0.361 e. The van der Waals surface area contributed by atoms with Crippen molar-refractivity contribution in [2.75, 3.05) is 26.2 Å². The minimum absolute atomic E-state index is 0.0131. The lowest BCUT2D eigenvalue weighted by Gasteiger charge is -2.35. The van der Waals surface area contributed by atoms with Crippen molar-refractivity contribution in [2.24, 2.45) is 0 Å². The summed E-state index contributed by atoms with van der Waals surface area (Å²) in [6.07, 6.45) is 2.15. The zero-order chi connectivity index (χ0) is 23.6. The van der Waals surface area contributed by atoms with Gasteiger partial charge in [-0.2, -0.15) is 4.31 Å². The Labute approximate surface area is 191 Å². The smallest absolute Gasteiger partial charge is 0.245 e. The van der Waals surface area contributed by atoms with Gasteiger partial charge >= 0.3 is 0 Å². The number of amides is 2. The number of nitrogens with zero attached hydrogens (tertiary/aromatic N) is 2. The molecule has 1 atom stereocenters. The first kappa shape index (κ1) is 22.9. The molecule has 8 nitrogen and oxygen atoms in total. The molecule has 3 aromatic rings. The summed E-state index contributed by atoms with van der Waals surface area (Å²) in [6.45, 7) is 1.99. The molecule has 174 valence electrons. The van der Waals surface area contributed by atoms with Crippen molar-refractivity contribution in [2.45, 2.75) is 24.3 Å². The average molecular weight is 473 g/mol. The number of para-hydroxylation sites is 1. The summed E-state index contributed by atoms with van der Waals surface area (Å²) in [5.41, 5.74) is 1.86. The minimum Gasteiger partial charge on any atom is -0.361 e. The average Bonchev–Trinajstić information content (AvgIpc) is 3.21. The number of rotatable bonds is 6. The monoisotopic (exact) mass is 472 g/mol. The van der Waals surface area contributed by atoms with Crippen LogP contribution in [0.2, 0.25) is 0 Å². The molecule has 1 aromatic heterocycles. The molecular weight excluding hydrogens is 447 g/mol. The lowest BCUT2D eigenvalue weighted by Crippen LogP contribution is -2.56. The number of hydrogen-bond donors (Lipinski definition) is 2. The van der Waals surface area contributed by atoms with Crippen LogP contribution in [0.3, 0.4) is 0 Å². The Bertz CT molecular complexity index is 1270. The Hall–Kier alpha value is -3.24. The van der Waals surface area contributed by atoms with Crippen LogP contribution in [0.25, 0.3) is 10.9 Å². The normalized spacial score (nSPS) is 16.0. The van der Waals surface area contributed by atoms with Crippen LogP contribution in [0.5, 0.6) is 0 Å². The fraction of sp³-hybridized carbons (Fsp3) is 0.304. The third kappa shape index (κ3) is 4.91. The van der Waals surface area contributed by atoms with E-state index in [4.69, 9.17) is 0 Å². The van der Waals surface area contributed by atoms with E-state index in [2.05, 4.69) is 10.3 Å². The van der Waals surface area contributed by atoms with Gasteiger partial charge in [-0.25, -0.2) is 12.8 Å². The number of aromatic nitrogens is 1. The molecule has 2 heterocycles. The maximum Gasteiger partial charge on any atom is 0.245 e. The van der Waals surface area contributed by atoms with Crippen LogP contribution in [0.15, 0.2) is 59.6 Å². The van der Waals surface area contributed by atoms with E-state index in [1.54, 1.807) is 4.90 Å². The second kappa shape index (κ2) is 9.32. The van der Waals surface area contributed by atoms with Crippen LogP contribution in [0.4, 0.5) is 4.39 Å². The predicted molar refractivity (Wildman–Crippen MR) is 121 cm³/mol. The van der Waals surface area contributed by atoms with Gasteiger partial charge in [-0.1, -0.05) is 18.2 Å². The van der Waals surface area contributed by atoms with Gasteiger partial charge in [-0.3, -0.25) is 9.59 Å². The Balaban J connectivity index is 1.46. The SMILES string of the molecule is CC(=O)N[C@@H](Cc1c[nH]c2ccccc12)C(=O)N1CCN(S(=O)(=O)c2ccc(F)cc2)CC1. The number of H-pyrrole nitrogens is 1. The minimum atomic E-state index is -3.78. The van der Waals surface area contributed by atoms with E-state index >= 15 is 0 Å². The number of aromatic amines is 1. The number of nitrogens with one attached hydrogen (secondary N) is 2. The number of sulfonamides is 1. The second-order valence-electron chi connectivity index (χ2n) is 8.00. The quantitative estimate of drug-likeness (QED) is 0.572. The van der Waals surface area contributed by atoms with Crippen molar-refractivity contribution in [3.63, 3.8) is 0 Å². The number of fused-ring (bicyclic) bond motifs is 1. The van der Waals surface area contributed by atoms with E-state index in [0.29, 0.717) is 6.42 Å². The van der Waals surface area contributed by atoms with Crippen LogP contribution in [0.1, 0.15) is 12.5 Å². The third-order valence-corrected chi connectivity index (χ3v) is 7.69. The van der Waals surface area contributed by atoms with Gasteiger partial charge in [0.15, 0.2) is 0 Å². The van der Waals surface area contributed by atoms with Gasteiger partial charge in [0.25, 0.3) is 0 Å². The summed E-state index contributed by atoms with van der Waals surface area (Å²) in [7, 11) is -3.78. The molecular formula is C23H25FN4O4S. The zero-order valence-electron chi connectivity index (χ0n) is 18.1. The van der Waals surface area contributed by atoms with Crippen molar-refractivity contribution >= 4 is 32.7 Å². The van der Waals surface area contributed by atoms with E-state index < -0.39 is 21.9 Å². The van der Waals surface area contributed by atoms with Crippen molar-refractivity contribution in [1.82, 2.24) is 19.5 Å². The summed E-state index contributed by atoms with van der Waals surface area (Å²) in [4.78, 5) is 29.8. The fourth-order valence-corrected chi connectivity index (χ4v) is 5.51. The molecule has 33 heavy (non-hydrogen) atoms. The summed E-state index contributed by atoms with van der Waals surface area (Å²) in [5, 5.41) is 3.72. The number of piperazine rings is 1. The topological polar surface area (TPSA) is 103 Å². The van der Waals surface area contributed by atoms with E-state index in [-0.39, 0.29) is 42.9 Å². The van der Waals surface area contributed by atoms with Crippen LogP contribution in [0, 0.1) is 5.82 Å². The van der Waals surface area contributed by atoms with Crippen LogP contribution in [-0.4, -0.2) is 66.6 Å². The lowest BCUT2D eigenvalue weighted by atomic mass is 10.0. The van der Waals surface area contributed by atoms with Gasteiger partial charge < -0.3 is 15.2 Å². The summed E-state index contributed by atoms with van der Waals surface area (Å²) >= 11 is 0. The Morgan fingerprint density at radius 2 is 1.73 bits per heavy atom. The molecule has 0 radical (unpaired) electrons. The molecule has 0 saturated carbocycles. The first-order valence-corrected chi connectivity index (χ1v) is 12.1. The Morgan fingerprint density at radius 1 is 1.06 bits per heavy atom. The zero-order valence-corrected chi connectivity index (χ0v) is 18.9. The molecule has 10 heteroatoms. The Kier molecular flexibility index (Phi) is 6.48. The summed E-state index contributed by atoms with van der Waals surface area (Å²) in [6, 6.07) is 11.6. The number of hydrogen-bond acceptors (Lipinski definition) is 4. The van der Waals surface area contributed by atoms with Crippen molar-refractivity contribution < 1.29 is 22.4 Å². The Morgan fingerprint density at radius 3 is 2.39 bits per heavy atom. The highest BCUT2D eigenvalue weighted by molar-refractivity contribution is 7.89. The van der Waals surface area contributed by atoms with Crippen LogP contribution in [-0.2, 0) is 26.0 Å². The molecule has 0 bridgehead atoms. The summed E-state index contributed by atoms with van der Waals surface area (Å²) < 4.78 is 40.1. The van der Waals surface area contributed by atoms with Gasteiger partial charge in [-0.05, 0) is 35.9 Å². The maximum atomic E-state index is 13.3. The highest BCUT2D eigenvalue weighted by Crippen LogP contribution is 2.21. The molecule has 1 saturated heterocycles. The third-order valence-electron chi connectivity index (χ3n) is 5.78. The standard InChI is InChI=1S/C23H25FN4O4S/c1-16(29)26-22(14-17-15-25-21-5-3-2-4-20(17)21)23(30)27-10-12-28(13-11-27)33(31,32)19-8-6-18(24)7-9-19/h2-9,15,22,25H,10-14H2,1H3,(H,26,29)/t22-/m0/s1. The molecule has 2 amide bonds.